The van der Waals surface area contributed by atoms with Gasteiger partial charge in [0.1, 0.15) is 12.3 Å². The monoisotopic (exact) mass is 627 g/mol. The Labute approximate surface area is 241 Å². The third kappa shape index (κ3) is 6.78. The first-order valence-electron chi connectivity index (χ1n) is 11.7. The first-order chi connectivity index (χ1) is 19.4. The summed E-state index contributed by atoms with van der Waals surface area (Å²) in [7, 11) is -5.10. The van der Waals surface area contributed by atoms with Crippen molar-refractivity contribution in [3.8, 4) is 0 Å². The molecule has 0 bridgehead atoms. The Balaban J connectivity index is 1.81. The number of ether oxygens (including phenoxy) is 1. The molecule has 42 heavy (non-hydrogen) atoms. The molecule has 1 aromatic heterocycles. The molecule has 3 rings (SSSR count). The SMILES string of the molecule is CC(=O)N[C@@H]1N(S(=O)(=O)O)C(=O)[C@]1(C)NC(=O)C(=NOC(C)(C)C(=O)OCc1ccc([N+](=O)[O-])cc1)c1csc(N)n1. The summed E-state index contributed by atoms with van der Waals surface area (Å²) in [6.45, 7) is 4.40. The Morgan fingerprint density at radius 2 is 1.93 bits per heavy atom. The molecular formula is C22H25N7O11S2. The number of nitro benzene ring substituents is 1. The maximum atomic E-state index is 13.3. The fourth-order valence-corrected chi connectivity index (χ4v) is 4.99. The van der Waals surface area contributed by atoms with Crippen molar-refractivity contribution < 1.29 is 46.6 Å². The number of carbonyl (C=O) groups is 4. The molecule has 0 saturated carbocycles. The van der Waals surface area contributed by atoms with Gasteiger partial charge in [0.25, 0.3) is 17.5 Å². The lowest BCUT2D eigenvalue weighted by atomic mass is 9.88. The summed E-state index contributed by atoms with van der Waals surface area (Å²) in [5, 5.41) is 20.3. The number of hydrogen-bond acceptors (Lipinski definition) is 14. The highest BCUT2D eigenvalue weighted by atomic mass is 32.2. The van der Waals surface area contributed by atoms with Crippen LogP contribution in [0, 0.1) is 10.1 Å². The summed E-state index contributed by atoms with van der Waals surface area (Å²) in [6, 6.07) is 5.26. The number of aromatic nitrogens is 1. The smallest absolute Gasteiger partial charge is 0.364 e. The number of benzene rings is 1. The van der Waals surface area contributed by atoms with Crippen LogP contribution in [-0.2, 0) is 45.7 Å². The number of nitrogens with one attached hydrogen (secondary N) is 2. The van der Waals surface area contributed by atoms with Crippen molar-refractivity contribution >= 4 is 61.9 Å². The standard InChI is InChI=1S/C22H25N7O11S2/c1-11(30)24-17-22(4,18(32)28(17)42(36,37)38)26-16(31)15(14-10-41-20(23)25-14)27-40-21(2,3)19(33)39-9-12-5-7-13(8-6-12)29(34)35/h5-8,10,17H,9H2,1-4H3,(H2,23,25)(H,24,30)(H,26,31)(H,36,37,38)/t17-,22-/m1/s1. The minimum absolute atomic E-state index is 0.0203. The van der Waals surface area contributed by atoms with Gasteiger partial charge in [0.15, 0.2) is 22.5 Å². The van der Waals surface area contributed by atoms with Crippen LogP contribution in [0.4, 0.5) is 10.8 Å². The quantitative estimate of drug-likeness (QED) is 0.0632. The van der Waals surface area contributed by atoms with Crippen LogP contribution in [0.2, 0.25) is 0 Å². The van der Waals surface area contributed by atoms with E-state index in [1.807, 2.05) is 0 Å². The molecular weight excluding hydrogens is 602 g/mol. The Morgan fingerprint density at radius 1 is 1.31 bits per heavy atom. The van der Waals surface area contributed by atoms with Gasteiger partial charge in [-0.3, -0.25) is 29.1 Å². The highest BCUT2D eigenvalue weighted by Crippen LogP contribution is 2.32. The molecule has 0 spiro atoms. The number of nitrogens with two attached hydrogens (primary N) is 1. The number of oxime groups is 1. The van der Waals surface area contributed by atoms with Gasteiger partial charge in [-0.15, -0.1) is 11.3 Å². The number of nitro groups is 1. The molecule has 5 N–H and O–H groups in total. The van der Waals surface area contributed by atoms with Crippen molar-refractivity contribution in [3.05, 3.63) is 51.0 Å². The Morgan fingerprint density at radius 3 is 2.43 bits per heavy atom. The number of esters is 1. The molecule has 0 aliphatic carbocycles. The van der Waals surface area contributed by atoms with Crippen molar-refractivity contribution in [2.24, 2.45) is 5.16 Å². The number of thiazole rings is 1. The van der Waals surface area contributed by atoms with E-state index in [1.54, 1.807) is 0 Å². The minimum Gasteiger partial charge on any atom is -0.458 e. The molecule has 2 aromatic rings. The first kappa shape index (κ1) is 31.8. The van der Waals surface area contributed by atoms with Gasteiger partial charge in [-0.2, -0.15) is 12.7 Å². The molecule has 1 saturated heterocycles. The zero-order valence-corrected chi connectivity index (χ0v) is 24.0. The fraction of sp³-hybridized carbons (Fsp3) is 0.364. The zero-order chi connectivity index (χ0) is 31.6. The number of nitrogen functional groups attached to an aromatic ring is 1. The van der Waals surface area contributed by atoms with Gasteiger partial charge in [0, 0.05) is 24.4 Å². The Kier molecular flexibility index (Phi) is 8.84. The number of anilines is 1. The largest absolute Gasteiger partial charge is 0.458 e. The Hall–Kier alpha value is -4.69. The molecule has 0 radical (unpaired) electrons. The third-order valence-corrected chi connectivity index (χ3v) is 7.29. The summed E-state index contributed by atoms with van der Waals surface area (Å²) in [5.41, 5.74) is 1.37. The van der Waals surface area contributed by atoms with Crippen LogP contribution in [0.1, 0.15) is 39.0 Å². The molecule has 1 fully saturated rings. The topological polar surface area (TPSA) is 263 Å². The summed E-state index contributed by atoms with van der Waals surface area (Å²) >= 11 is 0.921. The van der Waals surface area contributed by atoms with Gasteiger partial charge in [0.05, 0.1) is 4.92 Å². The van der Waals surface area contributed by atoms with Gasteiger partial charge in [0.2, 0.25) is 11.5 Å². The molecule has 20 heteroatoms. The van der Waals surface area contributed by atoms with E-state index in [4.69, 9.17) is 15.3 Å². The number of nitrogens with zero attached hydrogens (tertiary/aromatic N) is 4. The van der Waals surface area contributed by atoms with E-state index in [9.17, 15) is 42.3 Å². The second-order valence-corrected chi connectivity index (χ2v) is 11.6. The molecule has 1 aliphatic heterocycles. The second-order valence-electron chi connectivity index (χ2n) is 9.45. The van der Waals surface area contributed by atoms with Crippen molar-refractivity contribution in [1.29, 1.82) is 0 Å². The van der Waals surface area contributed by atoms with Gasteiger partial charge in [-0.05, 0) is 38.5 Å². The maximum Gasteiger partial charge on any atom is 0.364 e. The van der Waals surface area contributed by atoms with E-state index in [2.05, 4.69) is 20.8 Å². The fourth-order valence-electron chi connectivity index (χ4n) is 3.52. The minimum atomic E-state index is -5.10. The van der Waals surface area contributed by atoms with Crippen LogP contribution in [-0.4, -0.2) is 73.9 Å². The van der Waals surface area contributed by atoms with Crippen LogP contribution in [0.25, 0.3) is 0 Å². The number of carbonyl (C=O) groups excluding carboxylic acids is 4. The Bertz CT molecular complexity index is 1570. The van der Waals surface area contributed by atoms with Crippen molar-refractivity contribution in [2.75, 3.05) is 5.73 Å². The lowest BCUT2D eigenvalue weighted by molar-refractivity contribution is -0.384. The van der Waals surface area contributed by atoms with Crippen LogP contribution < -0.4 is 16.4 Å². The highest BCUT2D eigenvalue weighted by Gasteiger charge is 2.64. The molecule has 3 amide bonds. The van der Waals surface area contributed by atoms with E-state index in [0.29, 0.717) is 5.56 Å². The van der Waals surface area contributed by atoms with E-state index in [0.717, 1.165) is 25.2 Å². The summed E-state index contributed by atoms with van der Waals surface area (Å²) in [4.78, 5) is 69.8. The predicted molar refractivity (Wildman–Crippen MR) is 144 cm³/mol. The lowest BCUT2D eigenvalue weighted by Gasteiger charge is -2.51. The average Bonchev–Trinajstić information content (AvgIpc) is 3.31. The molecule has 2 heterocycles. The van der Waals surface area contributed by atoms with Gasteiger partial charge in [-0.25, -0.2) is 9.78 Å². The highest BCUT2D eigenvalue weighted by molar-refractivity contribution is 7.84. The van der Waals surface area contributed by atoms with Crippen molar-refractivity contribution in [1.82, 2.24) is 19.9 Å². The maximum absolute atomic E-state index is 13.3. The van der Waals surface area contributed by atoms with Crippen molar-refractivity contribution in [3.63, 3.8) is 0 Å². The van der Waals surface area contributed by atoms with Crippen LogP contribution in [0.5, 0.6) is 0 Å². The lowest BCUT2D eigenvalue weighted by Crippen LogP contribution is -2.84. The molecule has 1 aromatic carbocycles. The third-order valence-electron chi connectivity index (χ3n) is 5.74. The van der Waals surface area contributed by atoms with E-state index in [-0.39, 0.29) is 27.4 Å². The number of amides is 3. The predicted octanol–water partition coefficient (Wildman–Crippen LogP) is -0.142. The summed E-state index contributed by atoms with van der Waals surface area (Å²) < 4.78 is 37.9. The molecule has 1 aliphatic rings. The zero-order valence-electron chi connectivity index (χ0n) is 22.4. The number of hydrogen-bond donors (Lipinski definition) is 4. The van der Waals surface area contributed by atoms with Gasteiger partial charge in [-0.1, -0.05) is 5.16 Å². The van der Waals surface area contributed by atoms with Gasteiger partial charge >= 0.3 is 16.3 Å². The molecule has 226 valence electrons. The van der Waals surface area contributed by atoms with Crippen LogP contribution in [0.3, 0.4) is 0 Å². The summed E-state index contributed by atoms with van der Waals surface area (Å²) in [5.74, 6) is -4.13. The first-order valence-corrected chi connectivity index (χ1v) is 13.9. The molecule has 2 atom stereocenters. The van der Waals surface area contributed by atoms with Crippen LogP contribution >= 0.6 is 11.3 Å². The number of non-ortho nitro benzene ring substituents is 1. The average molecular weight is 628 g/mol. The van der Waals surface area contributed by atoms with Crippen LogP contribution in [0.15, 0.2) is 34.8 Å². The summed E-state index contributed by atoms with van der Waals surface area (Å²) in [6.07, 6.45) is -1.70. The van der Waals surface area contributed by atoms with E-state index < -0.39 is 61.9 Å². The van der Waals surface area contributed by atoms with Gasteiger partial charge < -0.3 is 25.9 Å². The van der Waals surface area contributed by atoms with E-state index >= 15 is 0 Å². The molecule has 18 nitrogen and oxygen atoms in total. The number of rotatable bonds is 11. The number of β-lactam (4-membered cyclic amide) rings is 1. The van der Waals surface area contributed by atoms with Crippen molar-refractivity contribution in [2.45, 2.75) is 51.6 Å². The molecule has 0 unspecified atom stereocenters. The van der Waals surface area contributed by atoms with E-state index in [1.165, 1.54) is 43.5 Å². The second kappa shape index (κ2) is 11.7. The normalized spacial score (nSPS) is 19.0.